The van der Waals surface area contributed by atoms with Crippen molar-refractivity contribution in [3.63, 3.8) is 0 Å². The summed E-state index contributed by atoms with van der Waals surface area (Å²) in [5.41, 5.74) is 0. The number of rotatable bonds is 1. The van der Waals surface area contributed by atoms with Crippen molar-refractivity contribution in [1.29, 1.82) is 0 Å². The van der Waals surface area contributed by atoms with E-state index < -0.39 is 0 Å². The van der Waals surface area contributed by atoms with Gasteiger partial charge in [0.1, 0.15) is 0 Å². The van der Waals surface area contributed by atoms with Crippen LogP contribution in [0.3, 0.4) is 0 Å². The molecule has 45 valence electrons. The Hall–Kier alpha value is -0.167. The normalized spacial score (nSPS) is 8.89. The average molecular weight is 202 g/mol. The quantitative estimate of drug-likeness (QED) is 0.673. The molecular weight excluding hydrogens is 198 g/mol. The van der Waals surface area contributed by atoms with Crippen molar-refractivity contribution in [2.45, 2.75) is 0 Å². The van der Waals surface area contributed by atoms with Crippen molar-refractivity contribution in [3.8, 4) is 5.75 Å². The van der Waals surface area contributed by atoms with E-state index in [0.717, 1.165) is 30.9 Å². The molecule has 0 amide bonds. The maximum atomic E-state index is 12.2. The van der Waals surface area contributed by atoms with Crippen molar-refractivity contribution < 1.29 is 32.4 Å². The van der Waals surface area contributed by atoms with E-state index in [1.165, 1.54) is 12.1 Å². The van der Waals surface area contributed by atoms with Crippen molar-refractivity contribution in [1.82, 2.24) is 0 Å². The Balaban J connectivity index is 2.88. The maximum absolute atomic E-state index is 12.2. The van der Waals surface area contributed by atoms with Gasteiger partial charge >= 0.3 is 68.2 Å². The van der Waals surface area contributed by atoms with Gasteiger partial charge in [0, 0.05) is 0 Å². The summed E-state index contributed by atoms with van der Waals surface area (Å²) in [6.45, 7) is 0. The molecular formula is C6H4FOZr. The first-order valence-electron chi connectivity index (χ1n) is 2.42. The summed E-state index contributed by atoms with van der Waals surface area (Å²) in [4.78, 5) is 0. The Bertz CT molecular complexity index is 185. The number of hydrogen-bond donors (Lipinski definition) is 0. The van der Waals surface area contributed by atoms with E-state index in [1.54, 1.807) is 12.1 Å². The summed E-state index contributed by atoms with van der Waals surface area (Å²) >= 11 is 0.968. The zero-order valence-electron chi connectivity index (χ0n) is 4.60. The molecule has 3 heteroatoms. The van der Waals surface area contributed by atoms with Crippen LogP contribution in [0.2, 0.25) is 0 Å². The van der Waals surface area contributed by atoms with Gasteiger partial charge in [0.05, 0.1) is 0 Å². The van der Waals surface area contributed by atoms with Crippen LogP contribution in [0.5, 0.6) is 5.75 Å². The summed E-state index contributed by atoms with van der Waals surface area (Å²) < 4.78 is 17.1. The fraction of sp³-hybridized carbons (Fsp3) is 0. The molecule has 0 unspecified atom stereocenters. The zero-order valence-corrected chi connectivity index (χ0v) is 7.05. The first-order valence-corrected chi connectivity index (χ1v) is 3.42. The van der Waals surface area contributed by atoms with Crippen molar-refractivity contribution in [2.75, 3.05) is 0 Å². The Morgan fingerprint density at radius 1 is 1.22 bits per heavy atom. The molecule has 0 N–H and O–H groups in total. The van der Waals surface area contributed by atoms with Gasteiger partial charge in [-0.15, -0.1) is 0 Å². The third kappa shape index (κ3) is 1.90. The first-order chi connectivity index (χ1) is 4.33. The zero-order chi connectivity index (χ0) is 6.69. The molecule has 0 saturated heterocycles. The molecule has 0 spiro atoms. The van der Waals surface area contributed by atoms with Gasteiger partial charge in [-0.25, -0.2) is 0 Å². The van der Waals surface area contributed by atoms with Crippen LogP contribution < -0.4 is 2.81 Å². The molecule has 1 rings (SSSR count). The standard InChI is InChI=1S/C6H5FO.Zr/c7-5-1-3-6(8)4-2-5;/h1-4,8H;/q;+1/p-1. The van der Waals surface area contributed by atoms with Crippen LogP contribution in [-0.2, 0) is 25.2 Å². The number of benzene rings is 1. The summed E-state index contributed by atoms with van der Waals surface area (Å²) in [5.74, 6) is 0.487. The van der Waals surface area contributed by atoms with Gasteiger partial charge in [-0.1, -0.05) is 0 Å². The second-order valence-electron chi connectivity index (χ2n) is 1.56. The van der Waals surface area contributed by atoms with Crippen LogP contribution in [0, 0.1) is 5.82 Å². The predicted octanol–water partition coefficient (Wildman–Crippen LogP) is 1.67. The molecule has 9 heavy (non-hydrogen) atoms. The molecule has 1 aromatic carbocycles. The molecule has 1 aromatic rings. The van der Waals surface area contributed by atoms with E-state index >= 15 is 0 Å². The third-order valence-corrected chi connectivity index (χ3v) is 1.51. The van der Waals surface area contributed by atoms with Gasteiger partial charge < -0.3 is 0 Å². The van der Waals surface area contributed by atoms with Crippen molar-refractivity contribution in [3.05, 3.63) is 30.1 Å². The SMILES string of the molecule is Fc1ccc([O][Zr])cc1. The van der Waals surface area contributed by atoms with E-state index in [9.17, 15) is 4.39 Å². The molecule has 0 heterocycles. The number of halogens is 1. The van der Waals surface area contributed by atoms with Crippen LogP contribution in [-0.4, -0.2) is 0 Å². The van der Waals surface area contributed by atoms with Gasteiger partial charge in [-0.05, 0) is 0 Å². The van der Waals surface area contributed by atoms with E-state index in [0.29, 0.717) is 0 Å². The van der Waals surface area contributed by atoms with E-state index in [1.807, 2.05) is 0 Å². The minimum absolute atomic E-state index is 0.230. The van der Waals surface area contributed by atoms with Gasteiger partial charge in [0.15, 0.2) is 0 Å². The van der Waals surface area contributed by atoms with Crippen LogP contribution >= 0.6 is 0 Å². The molecule has 1 nitrogen and oxygen atoms in total. The second kappa shape index (κ2) is 3.12. The minimum atomic E-state index is -0.230. The fourth-order valence-electron chi connectivity index (χ4n) is 0.503. The monoisotopic (exact) mass is 201 g/mol. The van der Waals surface area contributed by atoms with Crippen LogP contribution in [0.25, 0.3) is 0 Å². The van der Waals surface area contributed by atoms with E-state index in [4.69, 9.17) is 2.81 Å². The molecule has 0 radical (unpaired) electrons. The Morgan fingerprint density at radius 2 is 1.78 bits per heavy atom. The van der Waals surface area contributed by atoms with Crippen LogP contribution in [0.15, 0.2) is 24.3 Å². The van der Waals surface area contributed by atoms with Crippen LogP contribution in [0.1, 0.15) is 0 Å². The van der Waals surface area contributed by atoms with Gasteiger partial charge in [-0.3, -0.25) is 0 Å². The molecule has 0 atom stereocenters. The van der Waals surface area contributed by atoms with Crippen LogP contribution in [0.4, 0.5) is 4.39 Å². The molecule has 0 saturated carbocycles. The summed E-state index contributed by atoms with van der Waals surface area (Å²) in [5, 5.41) is 0. The summed E-state index contributed by atoms with van der Waals surface area (Å²) in [7, 11) is 0. The van der Waals surface area contributed by atoms with Gasteiger partial charge in [-0.2, -0.15) is 0 Å². The molecule has 0 aromatic heterocycles. The van der Waals surface area contributed by atoms with E-state index in [2.05, 4.69) is 0 Å². The van der Waals surface area contributed by atoms with Gasteiger partial charge in [0.25, 0.3) is 0 Å². The molecule has 0 aliphatic rings. The second-order valence-corrected chi connectivity index (χ2v) is 2.06. The van der Waals surface area contributed by atoms with Crippen molar-refractivity contribution >= 4 is 0 Å². The average Bonchev–Trinajstić information content (AvgIpc) is 1.90. The molecule has 0 bridgehead atoms. The van der Waals surface area contributed by atoms with Gasteiger partial charge in [0.2, 0.25) is 0 Å². The summed E-state index contributed by atoms with van der Waals surface area (Å²) in [6.07, 6.45) is 0. The fourth-order valence-corrected chi connectivity index (χ4v) is 0.837. The Kier molecular flexibility index (Phi) is 2.41. The van der Waals surface area contributed by atoms with Crippen molar-refractivity contribution in [2.24, 2.45) is 0 Å². The topological polar surface area (TPSA) is 9.23 Å². The molecule has 0 aliphatic carbocycles. The third-order valence-electron chi connectivity index (χ3n) is 0.931. The van der Waals surface area contributed by atoms with E-state index in [-0.39, 0.29) is 5.82 Å². The Morgan fingerprint density at radius 3 is 2.22 bits per heavy atom. The predicted molar refractivity (Wildman–Crippen MR) is 27.0 cm³/mol. The summed E-state index contributed by atoms with van der Waals surface area (Å²) in [6, 6.07) is 5.95. The number of hydrogen-bond acceptors (Lipinski definition) is 1. The molecule has 0 aliphatic heterocycles. The molecule has 0 fully saturated rings. The first kappa shape index (κ1) is 6.95. The Labute approximate surface area is 68.3 Å².